The van der Waals surface area contributed by atoms with Gasteiger partial charge in [0.2, 0.25) is 11.8 Å². The average molecular weight is 460 g/mol. The number of nitrogens with zero attached hydrogens (tertiary/aromatic N) is 1. The Bertz CT molecular complexity index is 839. The summed E-state index contributed by atoms with van der Waals surface area (Å²) < 4.78 is 9.44. The first-order valence-corrected chi connectivity index (χ1v) is 11.5. The van der Waals surface area contributed by atoms with Crippen molar-refractivity contribution in [3.8, 4) is 0 Å². The van der Waals surface area contributed by atoms with Crippen molar-refractivity contribution in [3.05, 3.63) is 29.3 Å². The molecule has 33 heavy (non-hydrogen) atoms. The Morgan fingerprint density at radius 2 is 1.45 bits per heavy atom. The lowest BCUT2D eigenvalue weighted by atomic mass is 9.88. The lowest BCUT2D eigenvalue weighted by molar-refractivity contribution is -0.127. The molecule has 9 heteroatoms. The standard InChI is InChI=1S/C24H33N3O6/c1-32-23(30)17-12-18(24(31)33-2)14-20(13-17)25-21(28)15-27-10-8-19(9-11-27)26-22(29)16-6-4-3-5-7-16/h12-14,16,19H,3-11,15H2,1-2H3,(H,25,28)(H,26,29). The van der Waals surface area contributed by atoms with Crippen LogP contribution in [-0.4, -0.2) is 68.5 Å². The van der Waals surface area contributed by atoms with Crippen molar-refractivity contribution < 1.29 is 28.7 Å². The zero-order valence-corrected chi connectivity index (χ0v) is 19.4. The number of likely N-dealkylation sites (tertiary alicyclic amines) is 1. The Kier molecular flexibility index (Phi) is 8.82. The number of carbonyl (C=O) groups is 4. The number of hydrogen-bond donors (Lipinski definition) is 2. The van der Waals surface area contributed by atoms with Crippen LogP contribution in [0.1, 0.15) is 65.7 Å². The molecule has 1 aromatic rings. The van der Waals surface area contributed by atoms with Gasteiger partial charge in [0, 0.05) is 30.7 Å². The van der Waals surface area contributed by atoms with Crippen molar-refractivity contribution in [2.75, 3.05) is 39.2 Å². The molecule has 180 valence electrons. The predicted molar refractivity (Wildman–Crippen MR) is 122 cm³/mol. The van der Waals surface area contributed by atoms with Crippen LogP contribution >= 0.6 is 0 Å². The van der Waals surface area contributed by atoms with Gasteiger partial charge in [0.25, 0.3) is 0 Å². The maximum absolute atomic E-state index is 12.6. The summed E-state index contributed by atoms with van der Waals surface area (Å²) in [5, 5.41) is 5.94. The van der Waals surface area contributed by atoms with E-state index in [1.54, 1.807) is 0 Å². The fourth-order valence-corrected chi connectivity index (χ4v) is 4.49. The second-order valence-corrected chi connectivity index (χ2v) is 8.72. The van der Waals surface area contributed by atoms with E-state index in [2.05, 4.69) is 10.6 Å². The minimum absolute atomic E-state index is 0.144. The van der Waals surface area contributed by atoms with Crippen molar-refractivity contribution in [2.24, 2.45) is 5.92 Å². The highest BCUT2D eigenvalue weighted by molar-refractivity contribution is 5.99. The van der Waals surface area contributed by atoms with E-state index in [1.807, 2.05) is 4.90 Å². The minimum atomic E-state index is -0.617. The Morgan fingerprint density at radius 1 is 0.879 bits per heavy atom. The molecule has 0 atom stereocenters. The summed E-state index contributed by atoms with van der Waals surface area (Å²) in [7, 11) is 2.49. The van der Waals surface area contributed by atoms with Gasteiger partial charge in [-0.1, -0.05) is 19.3 Å². The van der Waals surface area contributed by atoms with Gasteiger partial charge in [0.1, 0.15) is 0 Å². The SMILES string of the molecule is COC(=O)c1cc(NC(=O)CN2CCC(NC(=O)C3CCCCC3)CC2)cc(C(=O)OC)c1. The second kappa shape index (κ2) is 11.8. The first kappa shape index (κ1) is 24.7. The fourth-order valence-electron chi connectivity index (χ4n) is 4.49. The van der Waals surface area contributed by atoms with E-state index in [-0.39, 0.29) is 41.4 Å². The smallest absolute Gasteiger partial charge is 0.337 e. The molecule has 9 nitrogen and oxygen atoms in total. The van der Waals surface area contributed by atoms with Crippen LogP contribution in [0.5, 0.6) is 0 Å². The van der Waals surface area contributed by atoms with Gasteiger partial charge in [-0.15, -0.1) is 0 Å². The van der Waals surface area contributed by atoms with E-state index in [1.165, 1.54) is 38.8 Å². The quantitative estimate of drug-likeness (QED) is 0.602. The fraction of sp³-hybridized carbons (Fsp3) is 0.583. The van der Waals surface area contributed by atoms with Gasteiger partial charge in [-0.25, -0.2) is 9.59 Å². The predicted octanol–water partition coefficient (Wildman–Crippen LogP) is 2.36. The van der Waals surface area contributed by atoms with Crippen LogP contribution in [0.4, 0.5) is 5.69 Å². The molecule has 2 amide bonds. The second-order valence-electron chi connectivity index (χ2n) is 8.72. The molecule has 3 rings (SSSR count). The van der Waals surface area contributed by atoms with Gasteiger partial charge in [-0.3, -0.25) is 14.5 Å². The van der Waals surface area contributed by atoms with Crippen LogP contribution < -0.4 is 10.6 Å². The Morgan fingerprint density at radius 3 is 2.00 bits per heavy atom. The lowest BCUT2D eigenvalue weighted by Gasteiger charge is -2.33. The van der Waals surface area contributed by atoms with Gasteiger partial charge in [0.05, 0.1) is 31.9 Å². The molecule has 0 radical (unpaired) electrons. The number of hydrogen-bond acceptors (Lipinski definition) is 7. The monoisotopic (exact) mass is 459 g/mol. The molecule has 2 N–H and O–H groups in total. The number of ether oxygens (including phenoxy) is 2. The van der Waals surface area contributed by atoms with Crippen LogP contribution in [0, 0.1) is 5.92 Å². The summed E-state index contributed by atoms with van der Waals surface area (Å²) >= 11 is 0. The summed E-state index contributed by atoms with van der Waals surface area (Å²) in [6, 6.07) is 4.43. The van der Waals surface area contributed by atoms with Crippen LogP contribution in [0.2, 0.25) is 0 Å². The largest absolute Gasteiger partial charge is 0.465 e. The van der Waals surface area contributed by atoms with Gasteiger partial charge in [-0.05, 0) is 43.9 Å². The van der Waals surface area contributed by atoms with Crippen molar-refractivity contribution >= 4 is 29.4 Å². The molecule has 1 aromatic carbocycles. The lowest BCUT2D eigenvalue weighted by Crippen LogP contribution is -2.48. The molecule has 1 aliphatic heterocycles. The average Bonchev–Trinajstić information content (AvgIpc) is 2.84. The maximum Gasteiger partial charge on any atom is 0.337 e. The van der Waals surface area contributed by atoms with Gasteiger partial charge >= 0.3 is 11.9 Å². The number of esters is 2. The molecule has 2 fully saturated rings. The van der Waals surface area contributed by atoms with Crippen molar-refractivity contribution in [2.45, 2.75) is 51.0 Å². The highest BCUT2D eigenvalue weighted by Gasteiger charge is 2.26. The molecule has 0 spiro atoms. The number of carbonyl (C=O) groups excluding carboxylic acids is 4. The molecule has 1 saturated heterocycles. The van der Waals surface area contributed by atoms with Crippen LogP contribution in [0.15, 0.2) is 18.2 Å². The molecular formula is C24H33N3O6. The van der Waals surface area contributed by atoms with E-state index in [4.69, 9.17) is 9.47 Å². The molecule has 0 aromatic heterocycles. The Balaban J connectivity index is 1.50. The Labute approximate surface area is 194 Å². The molecule has 0 bridgehead atoms. The number of amides is 2. The third-order valence-corrected chi connectivity index (χ3v) is 6.34. The van der Waals surface area contributed by atoms with E-state index in [0.29, 0.717) is 18.8 Å². The highest BCUT2D eigenvalue weighted by atomic mass is 16.5. The minimum Gasteiger partial charge on any atom is -0.465 e. The Hall–Kier alpha value is -2.94. The first-order chi connectivity index (χ1) is 15.9. The van der Waals surface area contributed by atoms with Crippen LogP contribution in [0.3, 0.4) is 0 Å². The van der Waals surface area contributed by atoms with E-state index in [0.717, 1.165) is 38.5 Å². The summed E-state index contributed by atoms with van der Waals surface area (Å²) in [5.41, 5.74) is 0.605. The molecule has 1 aliphatic carbocycles. The number of benzene rings is 1. The van der Waals surface area contributed by atoms with Crippen molar-refractivity contribution in [1.29, 1.82) is 0 Å². The van der Waals surface area contributed by atoms with Gasteiger partial charge in [0.15, 0.2) is 0 Å². The third-order valence-electron chi connectivity index (χ3n) is 6.34. The topological polar surface area (TPSA) is 114 Å². The summed E-state index contributed by atoms with van der Waals surface area (Å²) in [6.07, 6.45) is 7.07. The van der Waals surface area contributed by atoms with Gasteiger partial charge < -0.3 is 20.1 Å². The molecule has 1 saturated carbocycles. The van der Waals surface area contributed by atoms with Crippen LogP contribution in [-0.2, 0) is 19.1 Å². The molecular weight excluding hydrogens is 426 g/mol. The normalized spacial score (nSPS) is 17.8. The van der Waals surface area contributed by atoms with E-state index >= 15 is 0 Å². The zero-order chi connectivity index (χ0) is 23.8. The summed E-state index contributed by atoms with van der Waals surface area (Å²) in [4.78, 5) is 50.9. The van der Waals surface area contributed by atoms with Crippen molar-refractivity contribution in [3.63, 3.8) is 0 Å². The number of methoxy groups -OCH3 is 2. The number of piperidine rings is 1. The number of anilines is 1. The van der Waals surface area contributed by atoms with Crippen molar-refractivity contribution in [1.82, 2.24) is 10.2 Å². The molecule has 1 heterocycles. The highest BCUT2D eigenvalue weighted by Crippen LogP contribution is 2.24. The third kappa shape index (κ3) is 7.02. The maximum atomic E-state index is 12.6. The molecule has 0 unspecified atom stereocenters. The number of rotatable bonds is 7. The number of nitrogens with one attached hydrogen (secondary N) is 2. The summed E-state index contributed by atoms with van der Waals surface area (Å²) in [6.45, 7) is 1.59. The van der Waals surface area contributed by atoms with Gasteiger partial charge in [-0.2, -0.15) is 0 Å². The summed E-state index contributed by atoms with van der Waals surface area (Å²) in [5.74, 6) is -1.16. The van der Waals surface area contributed by atoms with E-state index in [9.17, 15) is 19.2 Å². The first-order valence-electron chi connectivity index (χ1n) is 11.5. The zero-order valence-electron chi connectivity index (χ0n) is 19.4. The van der Waals surface area contributed by atoms with E-state index < -0.39 is 11.9 Å². The molecule has 2 aliphatic rings. The van der Waals surface area contributed by atoms with Crippen LogP contribution in [0.25, 0.3) is 0 Å².